The highest BCUT2D eigenvalue weighted by Gasteiger charge is 2.15. The van der Waals surface area contributed by atoms with Crippen molar-refractivity contribution in [3.63, 3.8) is 0 Å². The first-order valence-electron chi connectivity index (χ1n) is 6.52. The highest BCUT2D eigenvalue weighted by Crippen LogP contribution is 2.26. The zero-order valence-corrected chi connectivity index (χ0v) is 9.88. The maximum absolute atomic E-state index is 6.13. The van der Waals surface area contributed by atoms with Gasteiger partial charge in [0.15, 0.2) is 0 Å². The van der Waals surface area contributed by atoms with E-state index in [-0.39, 0.29) is 0 Å². The van der Waals surface area contributed by atoms with E-state index >= 15 is 0 Å². The average molecular weight is 207 g/mol. The molecule has 1 saturated carbocycles. The van der Waals surface area contributed by atoms with Gasteiger partial charge >= 0.3 is 0 Å². The lowest BCUT2D eigenvalue weighted by Gasteiger charge is -2.18. The van der Waals surface area contributed by atoms with Gasteiger partial charge < -0.3 is 5.73 Å². The summed E-state index contributed by atoms with van der Waals surface area (Å²) in [5.41, 5.74) is 6.13. The summed E-state index contributed by atoms with van der Waals surface area (Å²) in [6.07, 6.45) is 18.1. The van der Waals surface area contributed by atoms with Crippen molar-refractivity contribution in [1.82, 2.24) is 0 Å². The first kappa shape index (κ1) is 12.6. The monoisotopic (exact) mass is 207 g/mol. The van der Waals surface area contributed by atoms with Crippen LogP contribution in [0.4, 0.5) is 0 Å². The van der Waals surface area contributed by atoms with E-state index in [0.29, 0.717) is 6.04 Å². The molecule has 1 atom stereocenters. The fraction of sp³-hybridized carbons (Fsp3) is 0.857. The van der Waals surface area contributed by atoms with Crippen LogP contribution in [0.1, 0.15) is 64.2 Å². The van der Waals surface area contributed by atoms with E-state index in [1.807, 2.05) is 0 Å². The number of rotatable bonds is 5. The molecule has 0 aliphatic heterocycles. The Balaban J connectivity index is 2.12. The fourth-order valence-corrected chi connectivity index (χ4v) is 2.61. The number of terminal acetylenes is 1. The van der Waals surface area contributed by atoms with E-state index in [1.165, 1.54) is 44.9 Å². The first-order chi connectivity index (χ1) is 7.33. The highest BCUT2D eigenvalue weighted by molar-refractivity contribution is 4.83. The maximum atomic E-state index is 6.13. The van der Waals surface area contributed by atoms with Crippen molar-refractivity contribution < 1.29 is 0 Å². The summed E-state index contributed by atoms with van der Waals surface area (Å²) >= 11 is 0. The molecule has 1 aliphatic carbocycles. The highest BCUT2D eigenvalue weighted by atomic mass is 14.6. The smallest absolute Gasteiger partial charge is 0.00866 e. The van der Waals surface area contributed by atoms with E-state index in [4.69, 9.17) is 12.2 Å². The van der Waals surface area contributed by atoms with Crippen LogP contribution in [0.25, 0.3) is 0 Å². The lowest BCUT2D eigenvalue weighted by atomic mass is 9.91. The standard InChI is InChI=1S/C14H25N/c1-2-3-6-11-14(15)12-13-9-7-4-5-8-10-13/h1,13-14H,3-12,15H2. The summed E-state index contributed by atoms with van der Waals surface area (Å²) in [6.45, 7) is 0. The van der Waals surface area contributed by atoms with Crippen LogP contribution in [-0.4, -0.2) is 6.04 Å². The second kappa shape index (κ2) is 7.77. The SMILES string of the molecule is C#CCCCC(N)CC1CCCCCC1. The zero-order chi connectivity index (χ0) is 10.9. The molecule has 86 valence electrons. The van der Waals surface area contributed by atoms with Crippen molar-refractivity contribution in [1.29, 1.82) is 0 Å². The molecule has 1 heteroatoms. The molecule has 0 saturated heterocycles. The normalized spacial score (nSPS) is 20.5. The van der Waals surface area contributed by atoms with Gasteiger partial charge in [-0.25, -0.2) is 0 Å². The summed E-state index contributed by atoms with van der Waals surface area (Å²) in [7, 11) is 0. The van der Waals surface area contributed by atoms with Gasteiger partial charge in [0.2, 0.25) is 0 Å². The number of hydrogen-bond donors (Lipinski definition) is 1. The topological polar surface area (TPSA) is 26.0 Å². The molecule has 0 heterocycles. The summed E-state index contributed by atoms with van der Waals surface area (Å²) in [5.74, 6) is 3.58. The van der Waals surface area contributed by atoms with Gasteiger partial charge in [0.1, 0.15) is 0 Å². The van der Waals surface area contributed by atoms with Crippen LogP contribution in [0.5, 0.6) is 0 Å². The number of hydrogen-bond acceptors (Lipinski definition) is 1. The van der Waals surface area contributed by atoms with Crippen molar-refractivity contribution in [3.8, 4) is 12.3 Å². The number of nitrogens with two attached hydrogens (primary N) is 1. The maximum Gasteiger partial charge on any atom is 0.00866 e. The molecule has 0 aromatic rings. The Labute approximate surface area is 94.8 Å². The van der Waals surface area contributed by atoms with Gasteiger partial charge in [-0.1, -0.05) is 38.5 Å². The molecule has 2 N–H and O–H groups in total. The third-order valence-electron chi connectivity index (χ3n) is 3.51. The molecule has 0 amide bonds. The van der Waals surface area contributed by atoms with Crippen LogP contribution in [0.2, 0.25) is 0 Å². The lowest BCUT2D eigenvalue weighted by Crippen LogP contribution is -2.23. The van der Waals surface area contributed by atoms with Gasteiger partial charge in [-0.05, 0) is 25.2 Å². The van der Waals surface area contributed by atoms with Crippen LogP contribution >= 0.6 is 0 Å². The molecule has 0 radical (unpaired) electrons. The van der Waals surface area contributed by atoms with Crippen LogP contribution in [-0.2, 0) is 0 Å². The van der Waals surface area contributed by atoms with E-state index < -0.39 is 0 Å². The lowest BCUT2D eigenvalue weighted by molar-refractivity contribution is 0.375. The molecule has 1 unspecified atom stereocenters. The average Bonchev–Trinajstić information content (AvgIpc) is 2.47. The summed E-state index contributed by atoms with van der Waals surface area (Å²) in [5, 5.41) is 0. The molecule has 0 aromatic carbocycles. The Bertz CT molecular complexity index is 184. The molecule has 15 heavy (non-hydrogen) atoms. The van der Waals surface area contributed by atoms with Crippen molar-refractivity contribution in [2.24, 2.45) is 11.7 Å². The molecular formula is C14H25N. The van der Waals surface area contributed by atoms with Crippen LogP contribution in [0.3, 0.4) is 0 Å². The summed E-state index contributed by atoms with van der Waals surface area (Å²) in [6, 6.07) is 0.390. The largest absolute Gasteiger partial charge is 0.328 e. The molecule has 1 aliphatic rings. The third kappa shape index (κ3) is 5.85. The fourth-order valence-electron chi connectivity index (χ4n) is 2.61. The molecule has 0 bridgehead atoms. The molecule has 1 rings (SSSR count). The van der Waals surface area contributed by atoms with Crippen LogP contribution in [0.15, 0.2) is 0 Å². The minimum atomic E-state index is 0.390. The van der Waals surface area contributed by atoms with E-state index in [0.717, 1.165) is 25.2 Å². The van der Waals surface area contributed by atoms with E-state index in [9.17, 15) is 0 Å². The van der Waals surface area contributed by atoms with Crippen LogP contribution < -0.4 is 5.73 Å². The second-order valence-corrected chi connectivity index (χ2v) is 4.95. The van der Waals surface area contributed by atoms with E-state index in [2.05, 4.69) is 5.92 Å². The second-order valence-electron chi connectivity index (χ2n) is 4.95. The molecule has 1 fully saturated rings. The van der Waals surface area contributed by atoms with Crippen molar-refractivity contribution in [2.75, 3.05) is 0 Å². The van der Waals surface area contributed by atoms with Gasteiger partial charge in [-0.3, -0.25) is 0 Å². The Hall–Kier alpha value is -0.480. The molecule has 0 aromatic heterocycles. The third-order valence-corrected chi connectivity index (χ3v) is 3.51. The van der Waals surface area contributed by atoms with Crippen molar-refractivity contribution in [3.05, 3.63) is 0 Å². The Morgan fingerprint density at radius 3 is 2.47 bits per heavy atom. The van der Waals surface area contributed by atoms with Gasteiger partial charge in [0, 0.05) is 12.5 Å². The molecule has 0 spiro atoms. The van der Waals surface area contributed by atoms with Crippen LogP contribution in [0, 0.1) is 18.3 Å². The van der Waals surface area contributed by atoms with E-state index in [1.54, 1.807) is 0 Å². The Morgan fingerprint density at radius 1 is 1.20 bits per heavy atom. The van der Waals surface area contributed by atoms with Gasteiger partial charge in [0.05, 0.1) is 0 Å². The minimum Gasteiger partial charge on any atom is -0.328 e. The minimum absolute atomic E-state index is 0.390. The zero-order valence-electron chi connectivity index (χ0n) is 9.88. The quantitative estimate of drug-likeness (QED) is 0.417. The Kier molecular flexibility index (Phi) is 6.52. The number of unbranched alkanes of at least 4 members (excludes halogenated alkanes) is 1. The predicted octanol–water partition coefficient (Wildman–Crippen LogP) is 3.48. The van der Waals surface area contributed by atoms with Gasteiger partial charge in [-0.15, -0.1) is 12.3 Å². The predicted molar refractivity (Wildman–Crippen MR) is 66.5 cm³/mol. The van der Waals surface area contributed by atoms with Crippen molar-refractivity contribution >= 4 is 0 Å². The first-order valence-corrected chi connectivity index (χ1v) is 6.52. The van der Waals surface area contributed by atoms with Gasteiger partial charge in [0.25, 0.3) is 0 Å². The summed E-state index contributed by atoms with van der Waals surface area (Å²) < 4.78 is 0. The van der Waals surface area contributed by atoms with Crippen molar-refractivity contribution in [2.45, 2.75) is 70.3 Å². The summed E-state index contributed by atoms with van der Waals surface area (Å²) in [4.78, 5) is 0. The molecular weight excluding hydrogens is 182 g/mol. The van der Waals surface area contributed by atoms with Gasteiger partial charge in [-0.2, -0.15) is 0 Å². The Morgan fingerprint density at radius 2 is 1.87 bits per heavy atom. The molecule has 1 nitrogen and oxygen atoms in total.